The standard InChI is InChI=1S/C19H24Cl2O/c1-19-9-8-13-12-5-7-17(22)18(21)15(12)4-3-14(13)16(19)6-2-11(19)10-20/h10,12-14,16H,2-9H2,1H3/b11-10+/t12?,13?,14?,16?,19-/m1/s1. The number of carbonyl (C=O) groups excluding carboxylic acids is 1. The number of hydrogen-bond donors (Lipinski definition) is 0. The number of Topliss-reactive ketones (excluding diaryl/α,β-unsaturated/α-hetero) is 1. The molecule has 0 N–H and O–H groups in total. The number of allylic oxidation sites excluding steroid dienone is 2. The molecule has 4 aliphatic rings. The first-order valence-corrected chi connectivity index (χ1v) is 9.59. The lowest BCUT2D eigenvalue weighted by Gasteiger charge is -2.53. The zero-order valence-electron chi connectivity index (χ0n) is 13.2. The van der Waals surface area contributed by atoms with Crippen LogP contribution in [-0.4, -0.2) is 5.78 Å². The van der Waals surface area contributed by atoms with Gasteiger partial charge in [0.15, 0.2) is 5.78 Å². The highest BCUT2D eigenvalue weighted by Gasteiger charge is 2.54. The van der Waals surface area contributed by atoms with Gasteiger partial charge >= 0.3 is 0 Å². The molecule has 0 aliphatic heterocycles. The second-order valence-corrected chi connectivity index (χ2v) is 8.61. The minimum Gasteiger partial charge on any atom is -0.293 e. The molecule has 3 fully saturated rings. The molecule has 120 valence electrons. The van der Waals surface area contributed by atoms with E-state index < -0.39 is 0 Å². The summed E-state index contributed by atoms with van der Waals surface area (Å²) in [6.45, 7) is 2.44. The van der Waals surface area contributed by atoms with Gasteiger partial charge in [0.2, 0.25) is 0 Å². The van der Waals surface area contributed by atoms with Gasteiger partial charge in [-0.2, -0.15) is 0 Å². The van der Waals surface area contributed by atoms with Gasteiger partial charge in [-0.3, -0.25) is 4.79 Å². The van der Waals surface area contributed by atoms with E-state index in [1.165, 1.54) is 43.3 Å². The Morgan fingerprint density at radius 2 is 1.91 bits per heavy atom. The first kappa shape index (κ1) is 15.3. The van der Waals surface area contributed by atoms with Crippen molar-refractivity contribution in [3.63, 3.8) is 0 Å². The summed E-state index contributed by atoms with van der Waals surface area (Å²) in [4.78, 5) is 11.9. The number of carbonyl (C=O) groups is 1. The summed E-state index contributed by atoms with van der Waals surface area (Å²) in [6, 6.07) is 0. The van der Waals surface area contributed by atoms with Crippen molar-refractivity contribution in [3.05, 3.63) is 21.7 Å². The van der Waals surface area contributed by atoms with Gasteiger partial charge in [0.05, 0.1) is 5.03 Å². The number of hydrogen-bond acceptors (Lipinski definition) is 1. The topological polar surface area (TPSA) is 17.1 Å². The summed E-state index contributed by atoms with van der Waals surface area (Å²) >= 11 is 12.5. The molecule has 4 unspecified atom stereocenters. The molecule has 3 heteroatoms. The van der Waals surface area contributed by atoms with Crippen molar-refractivity contribution in [2.75, 3.05) is 0 Å². The quantitative estimate of drug-likeness (QED) is 0.544. The fourth-order valence-electron chi connectivity index (χ4n) is 6.26. The number of fused-ring (bicyclic) bond motifs is 5. The van der Waals surface area contributed by atoms with Gasteiger partial charge in [-0.15, -0.1) is 0 Å². The van der Waals surface area contributed by atoms with Crippen molar-refractivity contribution < 1.29 is 4.79 Å². The third-order valence-electron chi connectivity index (χ3n) is 7.39. The Hall–Kier alpha value is -0.270. The number of rotatable bonds is 0. The Bertz CT molecular complexity index is 576. The lowest BCUT2D eigenvalue weighted by molar-refractivity contribution is -0.116. The van der Waals surface area contributed by atoms with Gasteiger partial charge in [0, 0.05) is 12.0 Å². The number of ketones is 1. The van der Waals surface area contributed by atoms with Crippen LogP contribution < -0.4 is 0 Å². The van der Waals surface area contributed by atoms with E-state index in [4.69, 9.17) is 23.2 Å². The minimum absolute atomic E-state index is 0.181. The molecule has 3 saturated carbocycles. The third-order valence-corrected chi connectivity index (χ3v) is 8.11. The van der Waals surface area contributed by atoms with Gasteiger partial charge < -0.3 is 0 Å². The van der Waals surface area contributed by atoms with Crippen LogP contribution in [0.4, 0.5) is 0 Å². The molecule has 5 atom stereocenters. The lowest BCUT2D eigenvalue weighted by atomic mass is 9.52. The third kappa shape index (κ3) is 2.01. The summed E-state index contributed by atoms with van der Waals surface area (Å²) in [7, 11) is 0. The largest absolute Gasteiger partial charge is 0.293 e. The van der Waals surface area contributed by atoms with Gasteiger partial charge in [-0.05, 0) is 79.6 Å². The van der Waals surface area contributed by atoms with Crippen molar-refractivity contribution in [2.45, 2.75) is 58.3 Å². The maximum atomic E-state index is 11.9. The molecule has 22 heavy (non-hydrogen) atoms. The van der Waals surface area contributed by atoms with Crippen LogP contribution in [0.1, 0.15) is 58.3 Å². The molecular formula is C19H24Cl2O. The molecule has 0 spiro atoms. The van der Waals surface area contributed by atoms with Crippen LogP contribution in [0.5, 0.6) is 0 Å². The van der Waals surface area contributed by atoms with Crippen LogP contribution in [-0.2, 0) is 4.79 Å². The second-order valence-electron chi connectivity index (χ2n) is 8.01. The molecule has 0 amide bonds. The molecule has 4 rings (SSSR count). The smallest absolute Gasteiger partial charge is 0.174 e. The van der Waals surface area contributed by atoms with Crippen LogP contribution in [0.3, 0.4) is 0 Å². The molecule has 0 aromatic heterocycles. The monoisotopic (exact) mass is 338 g/mol. The molecule has 0 heterocycles. The SMILES string of the molecule is C[C@]12CCC3C4CCC(=O)C(Cl)=C4CCC3C1CC/C2=C\Cl. The normalized spacial score (nSPS) is 46.5. The molecular weight excluding hydrogens is 315 g/mol. The first-order chi connectivity index (χ1) is 10.6. The van der Waals surface area contributed by atoms with E-state index in [1.54, 1.807) is 0 Å². The highest BCUT2D eigenvalue weighted by molar-refractivity contribution is 6.43. The molecule has 0 aromatic rings. The maximum Gasteiger partial charge on any atom is 0.174 e. The fourth-order valence-corrected chi connectivity index (χ4v) is 6.95. The van der Waals surface area contributed by atoms with Crippen LogP contribution in [0.15, 0.2) is 21.7 Å². The van der Waals surface area contributed by atoms with E-state index in [0.29, 0.717) is 22.8 Å². The summed E-state index contributed by atoms with van der Waals surface area (Å²) in [5.74, 6) is 3.10. The Morgan fingerprint density at radius 3 is 2.68 bits per heavy atom. The van der Waals surface area contributed by atoms with E-state index in [0.717, 1.165) is 30.6 Å². The maximum absolute atomic E-state index is 11.9. The molecule has 0 saturated heterocycles. The van der Waals surface area contributed by atoms with E-state index in [9.17, 15) is 4.79 Å². The van der Waals surface area contributed by atoms with Crippen molar-refractivity contribution in [2.24, 2.45) is 29.1 Å². The van der Waals surface area contributed by atoms with Crippen molar-refractivity contribution >= 4 is 29.0 Å². The first-order valence-electron chi connectivity index (χ1n) is 8.77. The van der Waals surface area contributed by atoms with E-state index in [1.807, 2.05) is 5.54 Å². The van der Waals surface area contributed by atoms with Gasteiger partial charge in [-0.1, -0.05) is 35.7 Å². The fraction of sp³-hybridized carbons (Fsp3) is 0.737. The molecule has 0 radical (unpaired) electrons. The highest BCUT2D eigenvalue weighted by Crippen LogP contribution is 2.63. The van der Waals surface area contributed by atoms with Crippen LogP contribution in [0.2, 0.25) is 0 Å². The average molecular weight is 339 g/mol. The van der Waals surface area contributed by atoms with E-state index in [2.05, 4.69) is 6.92 Å². The van der Waals surface area contributed by atoms with E-state index >= 15 is 0 Å². The summed E-state index contributed by atoms with van der Waals surface area (Å²) < 4.78 is 0. The van der Waals surface area contributed by atoms with Crippen molar-refractivity contribution in [1.29, 1.82) is 0 Å². The van der Waals surface area contributed by atoms with Crippen LogP contribution >= 0.6 is 23.2 Å². The minimum atomic E-state index is 0.181. The van der Waals surface area contributed by atoms with E-state index in [-0.39, 0.29) is 5.78 Å². The molecule has 0 aromatic carbocycles. The average Bonchev–Trinajstić information content (AvgIpc) is 2.87. The predicted molar refractivity (Wildman–Crippen MR) is 90.8 cm³/mol. The van der Waals surface area contributed by atoms with Gasteiger partial charge in [-0.25, -0.2) is 0 Å². The Labute approximate surface area is 143 Å². The van der Waals surface area contributed by atoms with Crippen LogP contribution in [0, 0.1) is 29.1 Å². The second kappa shape index (κ2) is 5.38. The number of halogens is 2. The zero-order chi connectivity index (χ0) is 15.5. The van der Waals surface area contributed by atoms with Gasteiger partial charge in [0.25, 0.3) is 0 Å². The lowest BCUT2D eigenvalue weighted by Crippen LogP contribution is -2.45. The molecule has 0 bridgehead atoms. The van der Waals surface area contributed by atoms with Crippen molar-refractivity contribution in [3.8, 4) is 0 Å². The van der Waals surface area contributed by atoms with Crippen molar-refractivity contribution in [1.82, 2.24) is 0 Å². The van der Waals surface area contributed by atoms with Gasteiger partial charge in [0.1, 0.15) is 0 Å². The summed E-state index contributed by atoms with van der Waals surface area (Å²) in [5, 5.41) is 0.593. The zero-order valence-corrected chi connectivity index (χ0v) is 14.7. The summed E-state index contributed by atoms with van der Waals surface area (Å²) in [5.41, 5.74) is 4.98. The predicted octanol–water partition coefficient (Wildman–Crippen LogP) is 5.82. The van der Waals surface area contributed by atoms with Crippen LogP contribution in [0.25, 0.3) is 0 Å². The Kier molecular flexibility index (Phi) is 3.73. The Balaban J connectivity index is 1.66. The summed E-state index contributed by atoms with van der Waals surface area (Å²) in [6.07, 6.45) is 8.97. The highest BCUT2D eigenvalue weighted by atomic mass is 35.5. The molecule has 4 aliphatic carbocycles. The molecule has 1 nitrogen and oxygen atoms in total. The Morgan fingerprint density at radius 1 is 1.09 bits per heavy atom.